The van der Waals surface area contributed by atoms with Crippen molar-refractivity contribution in [1.29, 1.82) is 5.26 Å². The van der Waals surface area contributed by atoms with Gasteiger partial charge < -0.3 is 5.32 Å². The van der Waals surface area contributed by atoms with E-state index in [9.17, 15) is 24.4 Å². The van der Waals surface area contributed by atoms with Gasteiger partial charge in [0.25, 0.3) is 5.56 Å². The number of anilines is 1. The summed E-state index contributed by atoms with van der Waals surface area (Å²) in [6.07, 6.45) is 1.18. The predicted octanol–water partition coefficient (Wildman–Crippen LogP) is 0.669. The second-order valence-electron chi connectivity index (χ2n) is 6.05. The minimum Gasteiger partial charge on any atom is -0.325 e. The molecule has 0 spiro atoms. The molecule has 2 heterocycles. The Hall–Kier alpha value is -3.47. The fourth-order valence-corrected chi connectivity index (χ4v) is 3.05. The van der Waals surface area contributed by atoms with E-state index in [1.165, 1.54) is 17.6 Å². The highest BCUT2D eigenvalue weighted by atomic mass is 16.2. The Morgan fingerprint density at radius 1 is 1.31 bits per heavy atom. The van der Waals surface area contributed by atoms with Crippen LogP contribution in [0.3, 0.4) is 0 Å². The molecule has 1 N–H and O–H groups in total. The van der Waals surface area contributed by atoms with Crippen molar-refractivity contribution in [2.45, 2.75) is 32.9 Å². The van der Waals surface area contributed by atoms with Crippen molar-refractivity contribution in [3.63, 3.8) is 0 Å². The monoisotopic (exact) mass is 352 g/mol. The van der Waals surface area contributed by atoms with Crippen LogP contribution in [0.5, 0.6) is 0 Å². The molecule has 0 radical (unpaired) electrons. The number of hydrogen-bond acceptors (Lipinski definition) is 5. The maximum Gasteiger partial charge on any atom is 0.331 e. The number of ketones is 1. The van der Waals surface area contributed by atoms with Crippen LogP contribution in [-0.2, 0) is 24.3 Å². The molecule has 8 nitrogen and oxygen atoms in total. The van der Waals surface area contributed by atoms with Gasteiger partial charge in [-0.15, -0.1) is 0 Å². The number of aromatic nitrogens is 2. The van der Waals surface area contributed by atoms with Crippen LogP contribution in [0.2, 0.25) is 0 Å². The molecule has 26 heavy (non-hydrogen) atoms. The van der Waals surface area contributed by atoms with E-state index in [2.05, 4.69) is 5.32 Å². The van der Waals surface area contributed by atoms with E-state index in [0.29, 0.717) is 36.3 Å². The van der Waals surface area contributed by atoms with Crippen molar-refractivity contribution in [1.82, 2.24) is 9.13 Å². The molecule has 1 aromatic heterocycles. The van der Waals surface area contributed by atoms with Crippen molar-refractivity contribution in [2.24, 2.45) is 0 Å². The average Bonchev–Trinajstić information content (AvgIpc) is 3.09. The molecule has 1 amide bonds. The smallest absolute Gasteiger partial charge is 0.325 e. The molecule has 0 bridgehead atoms. The lowest BCUT2D eigenvalue weighted by atomic mass is 10.1. The van der Waals surface area contributed by atoms with E-state index in [1.807, 2.05) is 6.07 Å². The van der Waals surface area contributed by atoms with Crippen molar-refractivity contribution in [2.75, 3.05) is 5.32 Å². The van der Waals surface area contributed by atoms with Crippen LogP contribution in [0.15, 0.2) is 33.9 Å². The summed E-state index contributed by atoms with van der Waals surface area (Å²) in [5.74, 6) is -0.736. The summed E-state index contributed by atoms with van der Waals surface area (Å²) >= 11 is 0. The Labute approximate surface area is 148 Å². The van der Waals surface area contributed by atoms with Crippen molar-refractivity contribution in [3.05, 3.63) is 61.9 Å². The summed E-state index contributed by atoms with van der Waals surface area (Å²) in [4.78, 5) is 48.6. The molecular weight excluding hydrogens is 336 g/mol. The van der Waals surface area contributed by atoms with Gasteiger partial charge in [0.05, 0.1) is 0 Å². The third-order valence-electron chi connectivity index (χ3n) is 4.30. The maximum atomic E-state index is 12.5. The van der Waals surface area contributed by atoms with Crippen LogP contribution in [0.1, 0.15) is 35.0 Å². The van der Waals surface area contributed by atoms with Crippen LogP contribution in [-0.4, -0.2) is 20.8 Å². The Bertz CT molecular complexity index is 1070. The number of amides is 1. The SMILES string of the molecule is CC(=O)c1cccc(NC(=O)Cn2c(=O)c(C#N)c3n(c2=O)CCC3)c1. The van der Waals surface area contributed by atoms with E-state index in [4.69, 9.17) is 0 Å². The maximum absolute atomic E-state index is 12.5. The van der Waals surface area contributed by atoms with Gasteiger partial charge in [0.15, 0.2) is 5.78 Å². The first kappa shape index (κ1) is 17.4. The molecule has 3 rings (SSSR count). The fraction of sp³-hybridized carbons (Fsp3) is 0.278. The number of benzene rings is 1. The molecule has 0 saturated carbocycles. The first-order valence-electron chi connectivity index (χ1n) is 8.10. The Morgan fingerprint density at radius 2 is 2.08 bits per heavy atom. The lowest BCUT2D eigenvalue weighted by Gasteiger charge is -2.11. The summed E-state index contributed by atoms with van der Waals surface area (Å²) in [7, 11) is 0. The van der Waals surface area contributed by atoms with Crippen molar-refractivity contribution < 1.29 is 9.59 Å². The molecule has 0 saturated heterocycles. The molecule has 0 unspecified atom stereocenters. The first-order valence-corrected chi connectivity index (χ1v) is 8.10. The van der Waals surface area contributed by atoms with Gasteiger partial charge in [0.1, 0.15) is 18.2 Å². The molecule has 0 atom stereocenters. The fourth-order valence-electron chi connectivity index (χ4n) is 3.05. The summed E-state index contributed by atoms with van der Waals surface area (Å²) < 4.78 is 2.15. The summed E-state index contributed by atoms with van der Waals surface area (Å²) in [5.41, 5.74) is -0.170. The van der Waals surface area contributed by atoms with E-state index >= 15 is 0 Å². The number of hydrogen-bond donors (Lipinski definition) is 1. The Kier molecular flexibility index (Phi) is 4.54. The van der Waals surface area contributed by atoms with Crippen LogP contribution >= 0.6 is 0 Å². The second kappa shape index (κ2) is 6.80. The quantitative estimate of drug-likeness (QED) is 0.812. The molecule has 0 aliphatic carbocycles. The lowest BCUT2D eigenvalue weighted by Crippen LogP contribution is -2.44. The number of fused-ring (bicyclic) bond motifs is 1. The molecule has 132 valence electrons. The molecule has 0 fully saturated rings. The van der Waals surface area contributed by atoms with Gasteiger partial charge in [-0.05, 0) is 31.9 Å². The normalized spacial score (nSPS) is 12.3. The van der Waals surface area contributed by atoms with Gasteiger partial charge in [0.2, 0.25) is 5.91 Å². The van der Waals surface area contributed by atoms with Gasteiger partial charge in [-0.3, -0.25) is 19.0 Å². The first-order chi connectivity index (χ1) is 12.4. The molecule has 1 aliphatic heterocycles. The zero-order valence-electron chi connectivity index (χ0n) is 14.1. The highest BCUT2D eigenvalue weighted by molar-refractivity contribution is 5.97. The van der Waals surface area contributed by atoms with E-state index < -0.39 is 23.7 Å². The largest absolute Gasteiger partial charge is 0.331 e. The zero-order valence-corrected chi connectivity index (χ0v) is 14.1. The number of carbonyl (C=O) groups excluding carboxylic acids is 2. The minimum atomic E-state index is -0.752. The summed E-state index contributed by atoms with van der Waals surface area (Å²) in [6.45, 7) is 1.33. The number of nitriles is 1. The molecule has 1 aromatic carbocycles. The van der Waals surface area contributed by atoms with Crippen LogP contribution in [0.4, 0.5) is 5.69 Å². The van der Waals surface area contributed by atoms with Crippen LogP contribution in [0.25, 0.3) is 0 Å². The highest BCUT2D eigenvalue weighted by Gasteiger charge is 2.23. The zero-order chi connectivity index (χ0) is 18.8. The van der Waals surface area contributed by atoms with Gasteiger partial charge in [0, 0.05) is 23.5 Å². The van der Waals surface area contributed by atoms with Crippen LogP contribution < -0.4 is 16.6 Å². The number of carbonyl (C=O) groups is 2. The highest BCUT2D eigenvalue weighted by Crippen LogP contribution is 2.14. The van der Waals surface area contributed by atoms with Crippen LogP contribution in [0, 0.1) is 11.3 Å². The van der Waals surface area contributed by atoms with Gasteiger partial charge >= 0.3 is 5.69 Å². The predicted molar refractivity (Wildman–Crippen MR) is 93.1 cm³/mol. The Balaban J connectivity index is 1.90. The standard InChI is InChI=1S/C18H16N4O4/c1-11(23)12-4-2-5-13(8-12)20-16(24)10-22-17(25)14(9-19)15-6-3-7-21(15)18(22)26/h2,4-5,8H,3,6-7,10H2,1H3,(H,20,24). The summed E-state index contributed by atoms with van der Waals surface area (Å²) in [6, 6.07) is 8.20. The van der Waals surface area contributed by atoms with Gasteiger partial charge in [-0.25, -0.2) is 9.36 Å². The number of nitrogens with one attached hydrogen (secondary N) is 1. The van der Waals surface area contributed by atoms with Gasteiger partial charge in [-0.2, -0.15) is 5.26 Å². The van der Waals surface area contributed by atoms with Crippen molar-refractivity contribution >= 4 is 17.4 Å². The third-order valence-corrected chi connectivity index (χ3v) is 4.30. The topological polar surface area (TPSA) is 114 Å². The van der Waals surface area contributed by atoms with E-state index in [1.54, 1.807) is 18.2 Å². The number of nitrogens with zero attached hydrogens (tertiary/aromatic N) is 3. The molecular formula is C18H16N4O4. The second-order valence-corrected chi connectivity index (χ2v) is 6.05. The molecule has 8 heteroatoms. The molecule has 1 aliphatic rings. The minimum absolute atomic E-state index is 0.0894. The Morgan fingerprint density at radius 3 is 2.77 bits per heavy atom. The van der Waals surface area contributed by atoms with Gasteiger partial charge in [-0.1, -0.05) is 12.1 Å². The lowest BCUT2D eigenvalue weighted by molar-refractivity contribution is -0.116. The average molecular weight is 352 g/mol. The van der Waals surface area contributed by atoms with E-state index in [-0.39, 0.29) is 11.3 Å². The molecule has 2 aromatic rings. The third kappa shape index (κ3) is 3.07. The summed E-state index contributed by atoms with van der Waals surface area (Å²) in [5, 5.41) is 11.8. The van der Waals surface area contributed by atoms with Crippen molar-refractivity contribution in [3.8, 4) is 6.07 Å². The number of Topliss-reactive ketones (excluding diaryl/α,β-unsaturated/α-hetero) is 1. The number of rotatable bonds is 4. The van der Waals surface area contributed by atoms with E-state index in [0.717, 1.165) is 4.57 Å².